The van der Waals surface area contributed by atoms with Crippen molar-refractivity contribution in [1.82, 2.24) is 5.32 Å². The molecule has 0 fully saturated rings. The fourth-order valence-electron chi connectivity index (χ4n) is 2.57. The Morgan fingerprint density at radius 2 is 1.95 bits per heavy atom. The first-order chi connectivity index (χ1) is 9.31. The zero-order valence-corrected chi connectivity index (χ0v) is 14.4. The summed E-state index contributed by atoms with van der Waals surface area (Å²) in [6, 6.07) is 8.29. The normalized spacial score (nSPS) is 15.1. The van der Waals surface area contributed by atoms with E-state index in [0.717, 1.165) is 23.9 Å². The van der Waals surface area contributed by atoms with Crippen LogP contribution in [0.15, 0.2) is 24.3 Å². The van der Waals surface area contributed by atoms with E-state index in [-0.39, 0.29) is 5.54 Å². The standard InChI is InChI=1S/C18H30ClN/c1-6-8-14(2)16(13-20-18(3,4)5)11-15-9-7-10-17(19)12-15/h7,9-10,12,14,16,20H,6,8,11,13H2,1-5H3. The lowest BCUT2D eigenvalue weighted by atomic mass is 9.84. The van der Waals surface area contributed by atoms with Crippen LogP contribution in [-0.2, 0) is 6.42 Å². The Labute approximate surface area is 130 Å². The average molecular weight is 296 g/mol. The van der Waals surface area contributed by atoms with Crippen LogP contribution in [-0.4, -0.2) is 12.1 Å². The molecule has 0 spiro atoms. The zero-order valence-electron chi connectivity index (χ0n) is 13.7. The van der Waals surface area contributed by atoms with Crippen LogP contribution in [0.1, 0.15) is 53.0 Å². The van der Waals surface area contributed by atoms with E-state index in [2.05, 4.69) is 58.1 Å². The number of benzene rings is 1. The molecule has 0 heterocycles. The Morgan fingerprint density at radius 1 is 1.25 bits per heavy atom. The second kappa shape index (κ2) is 8.05. The summed E-state index contributed by atoms with van der Waals surface area (Å²) >= 11 is 6.10. The van der Waals surface area contributed by atoms with E-state index in [1.807, 2.05) is 6.07 Å². The van der Waals surface area contributed by atoms with E-state index in [1.165, 1.54) is 18.4 Å². The number of hydrogen-bond acceptors (Lipinski definition) is 1. The lowest BCUT2D eigenvalue weighted by molar-refractivity contribution is 0.285. The maximum atomic E-state index is 6.10. The Hall–Kier alpha value is -0.530. The summed E-state index contributed by atoms with van der Waals surface area (Å²) in [5.74, 6) is 1.39. The summed E-state index contributed by atoms with van der Waals surface area (Å²) in [5, 5.41) is 4.50. The fraction of sp³-hybridized carbons (Fsp3) is 0.667. The molecule has 114 valence electrons. The molecule has 2 atom stereocenters. The minimum absolute atomic E-state index is 0.179. The predicted molar refractivity (Wildman–Crippen MR) is 90.5 cm³/mol. The van der Waals surface area contributed by atoms with Crippen molar-refractivity contribution in [3.63, 3.8) is 0 Å². The van der Waals surface area contributed by atoms with E-state index in [9.17, 15) is 0 Å². The molecule has 0 radical (unpaired) electrons. The summed E-state index contributed by atoms with van der Waals surface area (Å²) in [6.07, 6.45) is 3.64. The third-order valence-electron chi connectivity index (χ3n) is 3.83. The Morgan fingerprint density at radius 3 is 2.50 bits per heavy atom. The van der Waals surface area contributed by atoms with Gasteiger partial charge in [-0.15, -0.1) is 0 Å². The van der Waals surface area contributed by atoms with Gasteiger partial charge in [0.15, 0.2) is 0 Å². The van der Waals surface area contributed by atoms with Crippen molar-refractivity contribution in [2.75, 3.05) is 6.54 Å². The van der Waals surface area contributed by atoms with Crippen molar-refractivity contribution >= 4 is 11.6 Å². The van der Waals surface area contributed by atoms with E-state index in [1.54, 1.807) is 0 Å². The van der Waals surface area contributed by atoms with Crippen molar-refractivity contribution in [2.24, 2.45) is 11.8 Å². The maximum absolute atomic E-state index is 6.10. The molecule has 1 N–H and O–H groups in total. The van der Waals surface area contributed by atoms with Crippen LogP contribution < -0.4 is 5.32 Å². The third-order valence-corrected chi connectivity index (χ3v) is 4.07. The molecular formula is C18H30ClN. The van der Waals surface area contributed by atoms with Crippen LogP contribution in [0.5, 0.6) is 0 Å². The van der Waals surface area contributed by atoms with E-state index in [4.69, 9.17) is 11.6 Å². The van der Waals surface area contributed by atoms with Crippen LogP contribution in [0.25, 0.3) is 0 Å². The highest BCUT2D eigenvalue weighted by Crippen LogP contribution is 2.23. The fourth-order valence-corrected chi connectivity index (χ4v) is 2.78. The van der Waals surface area contributed by atoms with Gasteiger partial charge in [-0.2, -0.15) is 0 Å². The summed E-state index contributed by atoms with van der Waals surface area (Å²) in [7, 11) is 0. The van der Waals surface area contributed by atoms with Gasteiger partial charge in [0.25, 0.3) is 0 Å². The zero-order chi connectivity index (χ0) is 15.2. The van der Waals surface area contributed by atoms with Gasteiger partial charge in [0.1, 0.15) is 0 Å². The molecular weight excluding hydrogens is 266 g/mol. The highest BCUT2D eigenvalue weighted by atomic mass is 35.5. The Bertz CT molecular complexity index is 395. The largest absolute Gasteiger partial charge is 0.312 e. The van der Waals surface area contributed by atoms with Crippen LogP contribution in [0.2, 0.25) is 5.02 Å². The lowest BCUT2D eigenvalue weighted by Crippen LogP contribution is -2.41. The van der Waals surface area contributed by atoms with Gasteiger partial charge in [0, 0.05) is 10.6 Å². The van der Waals surface area contributed by atoms with Gasteiger partial charge in [-0.1, -0.05) is 50.4 Å². The molecule has 0 aliphatic heterocycles. The minimum atomic E-state index is 0.179. The first-order valence-electron chi connectivity index (χ1n) is 7.81. The third kappa shape index (κ3) is 6.76. The van der Waals surface area contributed by atoms with Gasteiger partial charge in [0.05, 0.1) is 0 Å². The molecule has 0 saturated heterocycles. The molecule has 20 heavy (non-hydrogen) atoms. The molecule has 0 bridgehead atoms. The average Bonchev–Trinajstić information content (AvgIpc) is 2.33. The van der Waals surface area contributed by atoms with E-state index >= 15 is 0 Å². The van der Waals surface area contributed by atoms with Crippen LogP contribution in [0, 0.1) is 11.8 Å². The summed E-state index contributed by atoms with van der Waals surface area (Å²) in [6.45, 7) is 12.4. The van der Waals surface area contributed by atoms with Crippen LogP contribution in [0.3, 0.4) is 0 Å². The first-order valence-corrected chi connectivity index (χ1v) is 8.19. The maximum Gasteiger partial charge on any atom is 0.0408 e. The van der Waals surface area contributed by atoms with Gasteiger partial charge >= 0.3 is 0 Å². The molecule has 0 aromatic heterocycles. The summed E-state index contributed by atoms with van der Waals surface area (Å²) < 4.78 is 0. The van der Waals surface area contributed by atoms with Gasteiger partial charge in [0.2, 0.25) is 0 Å². The van der Waals surface area contributed by atoms with Gasteiger partial charge in [-0.05, 0) is 63.3 Å². The SMILES string of the molecule is CCCC(C)C(CNC(C)(C)C)Cc1cccc(Cl)c1. The molecule has 2 heteroatoms. The quantitative estimate of drug-likeness (QED) is 0.717. The molecule has 0 aliphatic rings. The molecule has 1 aromatic carbocycles. The smallest absolute Gasteiger partial charge is 0.0408 e. The lowest BCUT2D eigenvalue weighted by Gasteiger charge is -2.29. The monoisotopic (exact) mass is 295 g/mol. The number of rotatable bonds is 7. The van der Waals surface area contributed by atoms with Crippen LogP contribution in [0.4, 0.5) is 0 Å². The molecule has 0 amide bonds. The van der Waals surface area contributed by atoms with E-state index in [0.29, 0.717) is 5.92 Å². The highest BCUT2D eigenvalue weighted by molar-refractivity contribution is 6.30. The van der Waals surface area contributed by atoms with Crippen molar-refractivity contribution in [1.29, 1.82) is 0 Å². The van der Waals surface area contributed by atoms with Gasteiger partial charge in [-0.3, -0.25) is 0 Å². The van der Waals surface area contributed by atoms with Gasteiger partial charge < -0.3 is 5.32 Å². The number of halogens is 1. The first kappa shape index (κ1) is 17.5. The van der Waals surface area contributed by atoms with Crippen molar-refractivity contribution in [3.8, 4) is 0 Å². The molecule has 1 aromatic rings. The molecule has 0 aliphatic carbocycles. The summed E-state index contributed by atoms with van der Waals surface area (Å²) in [4.78, 5) is 0. The Kier molecular flexibility index (Phi) is 7.05. The van der Waals surface area contributed by atoms with E-state index < -0.39 is 0 Å². The topological polar surface area (TPSA) is 12.0 Å². The summed E-state index contributed by atoms with van der Waals surface area (Å²) in [5.41, 5.74) is 1.53. The molecule has 0 saturated carbocycles. The van der Waals surface area contributed by atoms with Crippen LogP contribution >= 0.6 is 11.6 Å². The highest BCUT2D eigenvalue weighted by Gasteiger charge is 2.20. The van der Waals surface area contributed by atoms with Crippen molar-refractivity contribution < 1.29 is 0 Å². The molecule has 2 unspecified atom stereocenters. The molecule has 1 nitrogen and oxygen atoms in total. The number of nitrogens with one attached hydrogen (secondary N) is 1. The van der Waals surface area contributed by atoms with Crippen molar-refractivity contribution in [3.05, 3.63) is 34.9 Å². The minimum Gasteiger partial charge on any atom is -0.312 e. The predicted octanol–water partition coefficient (Wildman–Crippen LogP) is 5.32. The second-order valence-corrected chi connectivity index (χ2v) is 7.43. The second-order valence-electron chi connectivity index (χ2n) is 6.99. The van der Waals surface area contributed by atoms with Gasteiger partial charge in [-0.25, -0.2) is 0 Å². The molecule has 1 rings (SSSR count). The number of hydrogen-bond donors (Lipinski definition) is 1. The van der Waals surface area contributed by atoms with Crippen molar-refractivity contribution in [2.45, 2.75) is 59.4 Å². The Balaban J connectivity index is 2.71.